The molecule has 2 N–H and O–H groups in total. The van der Waals surface area contributed by atoms with Gasteiger partial charge in [0.1, 0.15) is 17.0 Å². The minimum absolute atomic E-state index is 0.175. The van der Waals surface area contributed by atoms with Crippen LogP contribution in [0.25, 0.3) is 11.2 Å². The van der Waals surface area contributed by atoms with E-state index in [2.05, 4.69) is 48.1 Å². The van der Waals surface area contributed by atoms with Crippen molar-refractivity contribution in [3.63, 3.8) is 0 Å². The van der Waals surface area contributed by atoms with Crippen molar-refractivity contribution in [3.8, 4) is 11.5 Å². The molecule has 0 spiro atoms. The van der Waals surface area contributed by atoms with E-state index in [4.69, 9.17) is 19.9 Å². The lowest BCUT2D eigenvalue weighted by atomic mass is 9.88. The number of fused-ring (bicyclic) bond motifs is 1. The third-order valence-corrected chi connectivity index (χ3v) is 6.43. The van der Waals surface area contributed by atoms with Gasteiger partial charge in [-0.25, -0.2) is 9.97 Å². The molecule has 2 heterocycles. The summed E-state index contributed by atoms with van der Waals surface area (Å²) in [4.78, 5) is 13.3. The summed E-state index contributed by atoms with van der Waals surface area (Å²) in [5.74, 6) is 2.21. The number of hydrogen-bond acceptors (Lipinski definition) is 6. The third-order valence-electron chi connectivity index (χ3n) is 5.50. The van der Waals surface area contributed by atoms with E-state index < -0.39 is 0 Å². The molecule has 4 rings (SSSR count). The predicted molar refractivity (Wildman–Crippen MR) is 125 cm³/mol. The van der Waals surface area contributed by atoms with Gasteiger partial charge in [0.15, 0.2) is 16.3 Å². The Morgan fingerprint density at radius 3 is 2.56 bits per heavy atom. The highest BCUT2D eigenvalue weighted by atomic mass is 32.2. The Morgan fingerprint density at radius 2 is 1.88 bits per heavy atom. The van der Waals surface area contributed by atoms with Crippen molar-refractivity contribution >= 4 is 22.9 Å². The summed E-state index contributed by atoms with van der Waals surface area (Å²) < 4.78 is 12.9. The number of nitrogens with one attached hydrogen (secondary N) is 2. The Kier molecular flexibility index (Phi) is 6.50. The van der Waals surface area contributed by atoms with Crippen molar-refractivity contribution in [3.05, 3.63) is 65.9 Å². The molecule has 0 fully saturated rings. The van der Waals surface area contributed by atoms with Crippen LogP contribution in [0.3, 0.4) is 0 Å². The molecule has 0 aliphatic heterocycles. The van der Waals surface area contributed by atoms with Gasteiger partial charge in [0, 0.05) is 12.5 Å². The zero-order valence-corrected chi connectivity index (χ0v) is 19.4. The molecule has 0 aliphatic rings. The van der Waals surface area contributed by atoms with Crippen molar-refractivity contribution in [2.75, 3.05) is 14.2 Å². The van der Waals surface area contributed by atoms with Gasteiger partial charge in [0.05, 0.1) is 25.4 Å². The maximum Gasteiger partial charge on any atom is 0.173 e. The van der Waals surface area contributed by atoms with Gasteiger partial charge in [0.25, 0.3) is 0 Å². The molecule has 2 aromatic carbocycles. The second kappa shape index (κ2) is 9.48. The van der Waals surface area contributed by atoms with E-state index in [1.807, 2.05) is 28.8 Å². The number of rotatable bonds is 8. The number of imidazole rings is 1. The lowest BCUT2D eigenvalue weighted by Gasteiger charge is -2.22. The maximum absolute atomic E-state index is 8.28. The number of aromatic amines is 1. The number of nitrogens with zero attached hydrogens (tertiary/aromatic N) is 3. The van der Waals surface area contributed by atoms with Gasteiger partial charge in [-0.05, 0) is 41.4 Å². The van der Waals surface area contributed by atoms with E-state index in [0.29, 0.717) is 22.5 Å². The largest absolute Gasteiger partial charge is 0.497 e. The van der Waals surface area contributed by atoms with Crippen LogP contribution < -0.4 is 15.0 Å². The molecule has 2 aromatic heterocycles. The minimum atomic E-state index is 0.175. The van der Waals surface area contributed by atoms with Crippen molar-refractivity contribution in [2.24, 2.45) is 5.92 Å². The average Bonchev–Trinajstić information content (AvgIpc) is 3.23. The van der Waals surface area contributed by atoms with Crippen molar-refractivity contribution in [1.82, 2.24) is 19.5 Å². The third kappa shape index (κ3) is 4.50. The molecule has 1 atom stereocenters. The summed E-state index contributed by atoms with van der Waals surface area (Å²) in [6, 6.07) is 16.1. The van der Waals surface area contributed by atoms with Crippen LogP contribution in [0.1, 0.15) is 25.3 Å². The highest BCUT2D eigenvalue weighted by Gasteiger charge is 2.19. The van der Waals surface area contributed by atoms with Gasteiger partial charge in [-0.15, -0.1) is 0 Å². The van der Waals surface area contributed by atoms with Crippen molar-refractivity contribution in [2.45, 2.75) is 36.4 Å². The fourth-order valence-electron chi connectivity index (χ4n) is 3.73. The standard InChI is InChI=1S/C24H27N5O2S/c1-15(2)18(16-8-6-5-7-9-16)13-29-14-26-22(25)21-23(29)28-24(27-21)32-20-12-17(30-3)10-11-19(20)31-4/h5-12,14-15,18,25H,13H2,1-4H3,(H,27,28). The van der Waals surface area contributed by atoms with E-state index in [-0.39, 0.29) is 5.49 Å². The van der Waals surface area contributed by atoms with Crippen LogP contribution in [0.15, 0.2) is 64.9 Å². The van der Waals surface area contributed by atoms with Crippen LogP contribution in [0.5, 0.6) is 11.5 Å². The van der Waals surface area contributed by atoms with Gasteiger partial charge in [-0.3, -0.25) is 5.41 Å². The fourth-order valence-corrected chi connectivity index (χ4v) is 4.65. The van der Waals surface area contributed by atoms with E-state index in [0.717, 1.165) is 28.6 Å². The molecule has 1 unspecified atom stereocenters. The molecule has 8 heteroatoms. The zero-order chi connectivity index (χ0) is 22.7. The molecule has 32 heavy (non-hydrogen) atoms. The Balaban J connectivity index is 1.71. The van der Waals surface area contributed by atoms with Gasteiger partial charge in [-0.2, -0.15) is 0 Å². The first-order valence-electron chi connectivity index (χ1n) is 10.4. The molecule has 0 aliphatic carbocycles. The van der Waals surface area contributed by atoms with Crippen molar-refractivity contribution < 1.29 is 9.47 Å². The lowest BCUT2D eigenvalue weighted by molar-refractivity contribution is 0.394. The summed E-state index contributed by atoms with van der Waals surface area (Å²) in [5.41, 5.74) is 2.79. The molecule has 4 aromatic rings. The molecule has 0 saturated carbocycles. The minimum Gasteiger partial charge on any atom is -0.497 e. The Bertz CT molecular complexity index is 1270. The van der Waals surface area contributed by atoms with Gasteiger partial charge < -0.3 is 19.0 Å². The second-order valence-corrected chi connectivity index (χ2v) is 8.90. The van der Waals surface area contributed by atoms with E-state index >= 15 is 0 Å². The summed E-state index contributed by atoms with van der Waals surface area (Å²) in [6.07, 6.45) is 1.71. The first-order valence-corrected chi connectivity index (χ1v) is 11.3. The first kappa shape index (κ1) is 22.0. The zero-order valence-electron chi connectivity index (χ0n) is 18.6. The SMILES string of the molecule is COc1ccc(OC)c(Sc2nc3c([nH]2)c(=N)ncn3CC(c2ccccc2)C(C)C)c1. The monoisotopic (exact) mass is 449 g/mol. The van der Waals surface area contributed by atoms with Crippen LogP contribution in [0.2, 0.25) is 0 Å². The number of benzene rings is 2. The Hall–Kier alpha value is -3.26. The molecule has 7 nitrogen and oxygen atoms in total. The van der Waals surface area contributed by atoms with Crippen LogP contribution in [0.4, 0.5) is 0 Å². The first-order chi connectivity index (χ1) is 15.5. The molecular weight excluding hydrogens is 422 g/mol. The topological polar surface area (TPSA) is 88.8 Å². The normalized spacial score (nSPS) is 12.3. The van der Waals surface area contributed by atoms with E-state index in [9.17, 15) is 0 Å². The summed E-state index contributed by atoms with van der Waals surface area (Å²) in [6.45, 7) is 5.17. The maximum atomic E-state index is 8.28. The summed E-state index contributed by atoms with van der Waals surface area (Å²) in [7, 11) is 3.27. The van der Waals surface area contributed by atoms with Crippen LogP contribution in [-0.2, 0) is 6.54 Å². The molecule has 0 amide bonds. The number of aromatic nitrogens is 4. The van der Waals surface area contributed by atoms with E-state index in [1.54, 1.807) is 20.5 Å². The Morgan fingerprint density at radius 1 is 1.09 bits per heavy atom. The molecule has 166 valence electrons. The molecule has 0 radical (unpaired) electrons. The Labute approximate surface area is 191 Å². The summed E-state index contributed by atoms with van der Waals surface area (Å²) >= 11 is 1.44. The van der Waals surface area contributed by atoms with Crippen LogP contribution in [0, 0.1) is 11.3 Å². The lowest BCUT2D eigenvalue weighted by Crippen LogP contribution is -2.19. The molecular formula is C24H27N5O2S. The molecule has 0 bridgehead atoms. The van der Waals surface area contributed by atoms with Gasteiger partial charge >= 0.3 is 0 Å². The van der Waals surface area contributed by atoms with Crippen LogP contribution >= 0.6 is 11.8 Å². The highest BCUT2D eigenvalue weighted by molar-refractivity contribution is 7.99. The molecule has 0 saturated heterocycles. The quantitative estimate of drug-likeness (QED) is 0.402. The van der Waals surface area contributed by atoms with E-state index in [1.165, 1.54) is 17.3 Å². The second-order valence-electron chi connectivity index (χ2n) is 7.87. The van der Waals surface area contributed by atoms with Crippen molar-refractivity contribution in [1.29, 1.82) is 5.41 Å². The van der Waals surface area contributed by atoms with Gasteiger partial charge in [0.2, 0.25) is 0 Å². The smallest absolute Gasteiger partial charge is 0.173 e. The fraction of sp³-hybridized carbons (Fsp3) is 0.292. The number of hydrogen-bond donors (Lipinski definition) is 2. The summed E-state index contributed by atoms with van der Waals surface area (Å²) in [5, 5.41) is 8.95. The predicted octanol–water partition coefficient (Wildman–Crippen LogP) is 4.85. The number of ether oxygens (including phenoxy) is 2. The number of methoxy groups -OCH3 is 2. The average molecular weight is 450 g/mol. The van der Waals surface area contributed by atoms with Gasteiger partial charge in [-0.1, -0.05) is 44.2 Å². The highest BCUT2D eigenvalue weighted by Crippen LogP contribution is 2.36. The van der Waals surface area contributed by atoms with Crippen LogP contribution in [-0.4, -0.2) is 33.7 Å². The number of H-pyrrole nitrogens is 1.